The van der Waals surface area contributed by atoms with Crippen LogP contribution in [0, 0.1) is 6.92 Å². The highest BCUT2D eigenvalue weighted by Gasteiger charge is 2.20. The zero-order valence-electron chi connectivity index (χ0n) is 12.4. The molecule has 0 atom stereocenters. The van der Waals surface area contributed by atoms with Gasteiger partial charge in [0.25, 0.3) is 0 Å². The van der Waals surface area contributed by atoms with Crippen LogP contribution < -0.4 is 4.90 Å². The van der Waals surface area contributed by atoms with Crippen molar-refractivity contribution >= 4 is 5.82 Å². The Morgan fingerprint density at radius 2 is 1.73 bits per heavy atom. The summed E-state index contributed by atoms with van der Waals surface area (Å²) in [6.45, 7) is 3.74. The largest absolute Gasteiger partial charge is 0.348 e. The lowest BCUT2D eigenvalue weighted by atomic mass is 10.1. The number of benzene rings is 1. The molecule has 0 saturated carbocycles. The van der Waals surface area contributed by atoms with Gasteiger partial charge < -0.3 is 4.90 Å². The molecule has 0 radical (unpaired) electrons. The van der Waals surface area contributed by atoms with E-state index in [0.29, 0.717) is 0 Å². The highest BCUT2D eigenvalue weighted by atomic mass is 15.2. The summed E-state index contributed by atoms with van der Waals surface area (Å²) in [7, 11) is 0. The van der Waals surface area contributed by atoms with Crippen LogP contribution in [0.1, 0.15) is 17.0 Å². The van der Waals surface area contributed by atoms with Crippen LogP contribution in [0.2, 0.25) is 0 Å². The molecule has 3 aromatic rings. The minimum absolute atomic E-state index is 0.785. The van der Waals surface area contributed by atoms with Gasteiger partial charge in [0.05, 0.1) is 5.69 Å². The lowest BCUT2D eigenvalue weighted by molar-refractivity contribution is 0.843. The van der Waals surface area contributed by atoms with Gasteiger partial charge in [0.2, 0.25) is 0 Å². The Bertz CT molecular complexity index is 789. The molecule has 4 rings (SSSR count). The number of hydrogen-bond donors (Lipinski definition) is 0. The molecule has 0 unspecified atom stereocenters. The summed E-state index contributed by atoms with van der Waals surface area (Å²) in [5.74, 6) is 1.76. The summed E-state index contributed by atoms with van der Waals surface area (Å²) in [6.07, 6.45) is 3.61. The van der Waals surface area contributed by atoms with E-state index in [-0.39, 0.29) is 0 Å². The molecule has 0 saturated heterocycles. The number of rotatable bonds is 2. The van der Waals surface area contributed by atoms with Crippen LogP contribution in [-0.2, 0) is 13.1 Å². The smallest absolute Gasteiger partial charge is 0.133 e. The third-order valence-electron chi connectivity index (χ3n) is 3.95. The molecule has 0 fully saturated rings. The molecule has 0 bridgehead atoms. The molecular weight excluding hydrogens is 272 g/mol. The summed E-state index contributed by atoms with van der Waals surface area (Å²) in [5, 5.41) is 0. The maximum atomic E-state index is 4.62. The van der Waals surface area contributed by atoms with Gasteiger partial charge >= 0.3 is 0 Å². The van der Waals surface area contributed by atoms with Crippen LogP contribution in [0.3, 0.4) is 0 Å². The minimum Gasteiger partial charge on any atom is -0.348 e. The Morgan fingerprint density at radius 3 is 2.41 bits per heavy atom. The van der Waals surface area contributed by atoms with Gasteiger partial charge in [0, 0.05) is 37.1 Å². The molecule has 1 aromatic carbocycles. The van der Waals surface area contributed by atoms with Crippen molar-refractivity contribution in [3.05, 3.63) is 71.8 Å². The molecule has 4 nitrogen and oxygen atoms in total. The van der Waals surface area contributed by atoms with E-state index in [4.69, 9.17) is 0 Å². The van der Waals surface area contributed by atoms with Gasteiger partial charge in [-0.3, -0.25) is 4.98 Å². The maximum absolute atomic E-state index is 4.62. The summed E-state index contributed by atoms with van der Waals surface area (Å²) in [4.78, 5) is 15.6. The van der Waals surface area contributed by atoms with Crippen molar-refractivity contribution in [1.29, 1.82) is 0 Å². The van der Waals surface area contributed by atoms with E-state index >= 15 is 0 Å². The number of aryl methyl sites for hydroxylation is 1. The molecular formula is C18H16N4. The number of aromatic nitrogens is 3. The van der Waals surface area contributed by atoms with Crippen LogP contribution in [0.4, 0.5) is 5.82 Å². The second-order valence-corrected chi connectivity index (χ2v) is 5.53. The average molecular weight is 288 g/mol. The number of hydrogen-bond acceptors (Lipinski definition) is 4. The molecule has 2 aromatic heterocycles. The van der Waals surface area contributed by atoms with Crippen LogP contribution in [0.15, 0.2) is 54.9 Å². The molecule has 0 amide bonds. The minimum atomic E-state index is 0.785. The molecule has 22 heavy (non-hydrogen) atoms. The summed E-state index contributed by atoms with van der Waals surface area (Å²) in [5.41, 5.74) is 4.70. The maximum Gasteiger partial charge on any atom is 0.133 e. The predicted octanol–water partition coefficient (Wildman–Crippen LogP) is 3.37. The first-order valence-corrected chi connectivity index (χ1v) is 7.37. The summed E-state index contributed by atoms with van der Waals surface area (Å²) >= 11 is 0. The highest BCUT2D eigenvalue weighted by molar-refractivity contribution is 5.62. The van der Waals surface area contributed by atoms with E-state index in [1.807, 2.05) is 25.3 Å². The normalized spacial score (nSPS) is 13.2. The van der Waals surface area contributed by atoms with Crippen molar-refractivity contribution in [1.82, 2.24) is 15.0 Å². The van der Waals surface area contributed by atoms with Crippen molar-refractivity contribution in [2.75, 3.05) is 4.90 Å². The van der Waals surface area contributed by atoms with Gasteiger partial charge in [-0.2, -0.15) is 0 Å². The van der Waals surface area contributed by atoms with Gasteiger partial charge in [-0.05, 0) is 30.2 Å². The first-order chi connectivity index (χ1) is 10.8. The first-order valence-electron chi connectivity index (χ1n) is 7.37. The Hall–Kier alpha value is -2.75. The van der Waals surface area contributed by atoms with Crippen molar-refractivity contribution < 1.29 is 0 Å². The van der Waals surface area contributed by atoms with E-state index in [2.05, 4.69) is 50.2 Å². The Labute approximate surface area is 129 Å². The van der Waals surface area contributed by atoms with E-state index in [1.165, 1.54) is 11.1 Å². The third kappa shape index (κ3) is 2.33. The fraction of sp³-hybridized carbons (Fsp3) is 0.167. The number of anilines is 1. The van der Waals surface area contributed by atoms with Crippen molar-refractivity contribution in [3.63, 3.8) is 0 Å². The Kier molecular flexibility index (Phi) is 3.07. The quantitative estimate of drug-likeness (QED) is 0.725. The topological polar surface area (TPSA) is 41.9 Å². The molecule has 0 aliphatic carbocycles. The second kappa shape index (κ2) is 5.22. The molecule has 0 N–H and O–H groups in total. The van der Waals surface area contributed by atoms with Crippen molar-refractivity contribution in [2.24, 2.45) is 0 Å². The number of pyridine rings is 1. The zero-order valence-corrected chi connectivity index (χ0v) is 12.4. The number of nitrogens with zero attached hydrogens (tertiary/aromatic N) is 4. The van der Waals surface area contributed by atoms with E-state index in [9.17, 15) is 0 Å². The van der Waals surface area contributed by atoms with Crippen LogP contribution in [0.25, 0.3) is 11.3 Å². The predicted molar refractivity (Wildman–Crippen MR) is 86.3 cm³/mol. The lowest BCUT2D eigenvalue weighted by Crippen LogP contribution is -2.17. The van der Waals surface area contributed by atoms with Crippen LogP contribution in [0.5, 0.6) is 0 Å². The molecule has 0 spiro atoms. The standard InChI is InChI=1S/C18H16N4/c1-13-20-17(14-7-4-8-19-10-14)9-18(21-13)22-11-15-5-2-3-6-16(15)12-22/h2-10H,11-12H2,1H3. The Balaban J connectivity index is 1.71. The SMILES string of the molecule is Cc1nc(-c2cccnc2)cc(N2Cc3ccccc3C2)n1. The Morgan fingerprint density at radius 1 is 0.955 bits per heavy atom. The molecule has 1 aliphatic heterocycles. The van der Waals surface area contributed by atoms with E-state index in [1.54, 1.807) is 6.20 Å². The van der Waals surface area contributed by atoms with Gasteiger partial charge in [0.15, 0.2) is 0 Å². The van der Waals surface area contributed by atoms with Gasteiger partial charge in [0.1, 0.15) is 11.6 Å². The summed E-state index contributed by atoms with van der Waals surface area (Å²) in [6, 6.07) is 14.6. The average Bonchev–Trinajstić information content (AvgIpc) is 2.99. The molecule has 1 aliphatic rings. The van der Waals surface area contributed by atoms with Gasteiger partial charge in [-0.25, -0.2) is 9.97 Å². The fourth-order valence-corrected chi connectivity index (χ4v) is 2.87. The zero-order chi connectivity index (χ0) is 14.9. The van der Waals surface area contributed by atoms with Gasteiger partial charge in [-0.1, -0.05) is 24.3 Å². The lowest BCUT2D eigenvalue weighted by Gasteiger charge is -2.17. The van der Waals surface area contributed by atoms with Gasteiger partial charge in [-0.15, -0.1) is 0 Å². The van der Waals surface area contributed by atoms with Crippen molar-refractivity contribution in [3.8, 4) is 11.3 Å². The first kappa shape index (κ1) is 13.0. The molecule has 108 valence electrons. The third-order valence-corrected chi connectivity index (χ3v) is 3.95. The van der Waals surface area contributed by atoms with Crippen LogP contribution >= 0.6 is 0 Å². The molecule has 3 heterocycles. The van der Waals surface area contributed by atoms with E-state index < -0.39 is 0 Å². The molecule has 4 heteroatoms. The summed E-state index contributed by atoms with van der Waals surface area (Å²) < 4.78 is 0. The highest BCUT2D eigenvalue weighted by Crippen LogP contribution is 2.29. The number of fused-ring (bicyclic) bond motifs is 1. The van der Waals surface area contributed by atoms with Crippen LogP contribution in [-0.4, -0.2) is 15.0 Å². The second-order valence-electron chi connectivity index (χ2n) is 5.53. The monoisotopic (exact) mass is 288 g/mol. The van der Waals surface area contributed by atoms with E-state index in [0.717, 1.165) is 36.0 Å². The van der Waals surface area contributed by atoms with Crippen molar-refractivity contribution in [2.45, 2.75) is 20.0 Å². The fourth-order valence-electron chi connectivity index (χ4n) is 2.87.